The molecule has 0 aliphatic carbocycles. The topological polar surface area (TPSA) is 63.4 Å². The van der Waals surface area contributed by atoms with Gasteiger partial charge in [0.25, 0.3) is 0 Å². The first-order valence-electron chi connectivity index (χ1n) is 6.49. The van der Waals surface area contributed by atoms with Gasteiger partial charge in [-0.2, -0.15) is 4.31 Å². The first-order chi connectivity index (χ1) is 8.99. The molecule has 5 heteroatoms. The minimum atomic E-state index is -3.36. The van der Waals surface area contributed by atoms with Crippen molar-refractivity contribution in [2.24, 2.45) is 5.73 Å². The zero-order valence-corrected chi connectivity index (χ0v) is 11.9. The Balaban J connectivity index is 2.12. The molecule has 0 saturated carbocycles. The van der Waals surface area contributed by atoms with E-state index in [4.69, 9.17) is 5.73 Å². The molecular formula is C14H20N2O2S. The highest BCUT2D eigenvalue weighted by atomic mass is 32.2. The third-order valence-electron chi connectivity index (χ3n) is 3.41. The first-order valence-corrected chi connectivity index (χ1v) is 8.00. The van der Waals surface area contributed by atoms with E-state index in [0.717, 1.165) is 18.4 Å². The van der Waals surface area contributed by atoms with Crippen LogP contribution in [0.15, 0.2) is 35.7 Å². The van der Waals surface area contributed by atoms with Crippen molar-refractivity contribution in [1.29, 1.82) is 0 Å². The highest BCUT2D eigenvalue weighted by molar-refractivity contribution is 7.92. The number of benzene rings is 1. The zero-order chi connectivity index (χ0) is 13.9. The molecule has 1 aliphatic rings. The van der Waals surface area contributed by atoms with Gasteiger partial charge >= 0.3 is 0 Å². The van der Waals surface area contributed by atoms with Gasteiger partial charge in [-0.1, -0.05) is 30.3 Å². The van der Waals surface area contributed by atoms with Crippen molar-refractivity contribution in [3.8, 4) is 0 Å². The van der Waals surface area contributed by atoms with Crippen molar-refractivity contribution in [3.05, 3.63) is 41.3 Å². The number of nitrogens with zero attached hydrogens (tertiary/aromatic N) is 1. The fourth-order valence-corrected chi connectivity index (χ4v) is 3.80. The molecule has 4 nitrogen and oxygen atoms in total. The van der Waals surface area contributed by atoms with Gasteiger partial charge in [-0.3, -0.25) is 0 Å². The van der Waals surface area contributed by atoms with Crippen LogP contribution in [0.4, 0.5) is 0 Å². The number of piperidine rings is 1. The summed E-state index contributed by atoms with van der Waals surface area (Å²) in [5.74, 6) is 0. The second kappa shape index (κ2) is 5.86. The van der Waals surface area contributed by atoms with Crippen LogP contribution in [0.3, 0.4) is 0 Å². The van der Waals surface area contributed by atoms with Crippen LogP contribution < -0.4 is 5.73 Å². The predicted octanol–water partition coefficient (Wildman–Crippen LogP) is 1.80. The lowest BCUT2D eigenvalue weighted by atomic mass is 10.0. The van der Waals surface area contributed by atoms with Gasteiger partial charge in [0.15, 0.2) is 0 Å². The molecule has 1 aliphatic heterocycles. The normalized spacial score (nSPS) is 25.8. The van der Waals surface area contributed by atoms with E-state index in [1.807, 2.05) is 37.3 Å². The van der Waals surface area contributed by atoms with E-state index in [2.05, 4.69) is 0 Å². The van der Waals surface area contributed by atoms with E-state index < -0.39 is 10.0 Å². The van der Waals surface area contributed by atoms with Gasteiger partial charge in [0.2, 0.25) is 10.0 Å². The molecule has 2 rings (SSSR count). The maximum atomic E-state index is 12.3. The number of hydrogen-bond acceptors (Lipinski definition) is 3. The van der Waals surface area contributed by atoms with E-state index in [-0.39, 0.29) is 12.1 Å². The molecule has 1 fully saturated rings. The van der Waals surface area contributed by atoms with Crippen LogP contribution in [0.1, 0.15) is 25.3 Å². The fourth-order valence-electron chi connectivity index (χ4n) is 2.37. The molecule has 2 unspecified atom stereocenters. The van der Waals surface area contributed by atoms with E-state index in [9.17, 15) is 8.42 Å². The highest BCUT2D eigenvalue weighted by Gasteiger charge is 2.30. The molecule has 0 amide bonds. The monoisotopic (exact) mass is 280 g/mol. The van der Waals surface area contributed by atoms with Crippen LogP contribution in [0.5, 0.6) is 0 Å². The lowest BCUT2D eigenvalue weighted by Gasteiger charge is -2.34. The van der Waals surface area contributed by atoms with Gasteiger partial charge in [-0.25, -0.2) is 8.42 Å². The lowest BCUT2D eigenvalue weighted by Crippen LogP contribution is -2.47. The molecule has 1 saturated heterocycles. The lowest BCUT2D eigenvalue weighted by molar-refractivity contribution is 0.250. The van der Waals surface area contributed by atoms with E-state index in [0.29, 0.717) is 6.54 Å². The summed E-state index contributed by atoms with van der Waals surface area (Å²) < 4.78 is 26.1. The molecule has 0 radical (unpaired) electrons. The van der Waals surface area contributed by atoms with Crippen LogP contribution in [-0.2, 0) is 10.0 Å². The Bertz CT molecular complexity index is 540. The molecule has 0 aromatic heterocycles. The second-order valence-electron chi connectivity index (χ2n) is 5.00. The third kappa shape index (κ3) is 3.65. The Hall–Kier alpha value is -1.17. The Morgan fingerprint density at radius 3 is 2.63 bits per heavy atom. The summed E-state index contributed by atoms with van der Waals surface area (Å²) in [6.07, 6.45) is 3.08. The van der Waals surface area contributed by atoms with E-state index in [1.54, 1.807) is 6.08 Å². The summed E-state index contributed by atoms with van der Waals surface area (Å²) in [5, 5.41) is 1.29. The summed E-state index contributed by atoms with van der Waals surface area (Å²) in [6.45, 7) is 2.41. The van der Waals surface area contributed by atoms with Crippen molar-refractivity contribution in [3.63, 3.8) is 0 Å². The van der Waals surface area contributed by atoms with Gasteiger partial charge in [-0.05, 0) is 31.4 Å². The quantitative estimate of drug-likeness (QED) is 0.918. The zero-order valence-electron chi connectivity index (χ0n) is 11.1. The molecule has 0 bridgehead atoms. The van der Waals surface area contributed by atoms with Crippen LogP contribution >= 0.6 is 0 Å². The van der Waals surface area contributed by atoms with Gasteiger partial charge in [0.1, 0.15) is 0 Å². The molecule has 1 heterocycles. The maximum Gasteiger partial charge on any atom is 0.236 e. The maximum absolute atomic E-state index is 12.3. The van der Waals surface area contributed by atoms with Gasteiger partial charge in [-0.15, -0.1) is 0 Å². The summed E-state index contributed by atoms with van der Waals surface area (Å²) in [4.78, 5) is 0. The van der Waals surface area contributed by atoms with Crippen molar-refractivity contribution in [2.75, 3.05) is 6.54 Å². The average Bonchev–Trinajstić information content (AvgIpc) is 2.37. The molecule has 0 spiro atoms. The summed E-state index contributed by atoms with van der Waals surface area (Å²) in [6, 6.07) is 9.50. The Morgan fingerprint density at radius 2 is 2.00 bits per heavy atom. The third-order valence-corrected chi connectivity index (χ3v) is 5.09. The number of sulfonamides is 1. The van der Waals surface area contributed by atoms with Gasteiger partial charge in [0, 0.05) is 24.0 Å². The van der Waals surface area contributed by atoms with Crippen LogP contribution in [0.2, 0.25) is 0 Å². The Labute approximate surface area is 115 Å². The largest absolute Gasteiger partial charge is 0.328 e. The summed E-state index contributed by atoms with van der Waals surface area (Å²) in [5.41, 5.74) is 6.74. The minimum absolute atomic E-state index is 0.0332. The fraction of sp³-hybridized carbons (Fsp3) is 0.429. The standard InChI is InChI=1S/C14H20N2O2S/c1-12-11-14(15)7-9-16(12)19(17,18)10-8-13-5-3-2-4-6-13/h2-6,8,10,12,14H,7,9,11,15H2,1H3/b10-8+. The van der Waals surface area contributed by atoms with Crippen molar-refractivity contribution in [2.45, 2.75) is 31.8 Å². The highest BCUT2D eigenvalue weighted by Crippen LogP contribution is 2.20. The number of rotatable bonds is 3. The average molecular weight is 280 g/mol. The number of hydrogen-bond donors (Lipinski definition) is 1. The smallest absolute Gasteiger partial charge is 0.236 e. The Morgan fingerprint density at radius 1 is 1.32 bits per heavy atom. The molecule has 104 valence electrons. The van der Waals surface area contributed by atoms with Crippen LogP contribution in [0.25, 0.3) is 6.08 Å². The molecule has 2 atom stereocenters. The minimum Gasteiger partial charge on any atom is -0.328 e. The predicted molar refractivity (Wildman–Crippen MR) is 77.8 cm³/mol. The van der Waals surface area contributed by atoms with E-state index >= 15 is 0 Å². The van der Waals surface area contributed by atoms with Crippen LogP contribution in [-0.4, -0.2) is 31.4 Å². The first kappa shape index (κ1) is 14.2. The van der Waals surface area contributed by atoms with Crippen molar-refractivity contribution >= 4 is 16.1 Å². The summed E-state index contributed by atoms with van der Waals surface area (Å²) in [7, 11) is -3.36. The van der Waals surface area contributed by atoms with E-state index in [1.165, 1.54) is 9.71 Å². The second-order valence-corrected chi connectivity index (χ2v) is 6.77. The van der Waals surface area contributed by atoms with Crippen molar-refractivity contribution < 1.29 is 8.42 Å². The van der Waals surface area contributed by atoms with Crippen LogP contribution in [0, 0.1) is 0 Å². The van der Waals surface area contributed by atoms with Gasteiger partial charge in [0.05, 0.1) is 0 Å². The molecular weight excluding hydrogens is 260 g/mol. The summed E-state index contributed by atoms with van der Waals surface area (Å²) >= 11 is 0. The molecule has 2 N–H and O–H groups in total. The molecule has 1 aromatic carbocycles. The Kier molecular flexibility index (Phi) is 4.39. The number of nitrogens with two attached hydrogens (primary N) is 1. The molecule has 19 heavy (non-hydrogen) atoms. The van der Waals surface area contributed by atoms with Crippen molar-refractivity contribution in [1.82, 2.24) is 4.31 Å². The molecule has 1 aromatic rings. The SMILES string of the molecule is CC1CC(N)CCN1S(=O)(=O)/C=C/c1ccccc1. The van der Waals surface area contributed by atoms with Gasteiger partial charge < -0.3 is 5.73 Å².